The molecule has 5 aromatic rings. The fourth-order valence-corrected chi connectivity index (χ4v) is 7.01. The van der Waals surface area contributed by atoms with Crippen LogP contribution in [0.3, 0.4) is 0 Å². The summed E-state index contributed by atoms with van der Waals surface area (Å²) in [5, 5.41) is 22.4. The average molecular weight is 631 g/mol. The normalized spacial score (nSPS) is 14.6. The van der Waals surface area contributed by atoms with E-state index in [4.69, 9.17) is 5.10 Å². The summed E-state index contributed by atoms with van der Waals surface area (Å²) in [7, 11) is 0. The van der Waals surface area contributed by atoms with Gasteiger partial charge in [0.15, 0.2) is 11.0 Å². The molecule has 2 amide bonds. The number of aromatic nitrogens is 3. The maximum absolute atomic E-state index is 13.7. The Morgan fingerprint density at radius 2 is 1.81 bits per heavy atom. The predicted molar refractivity (Wildman–Crippen MR) is 169 cm³/mol. The molecule has 0 aliphatic carbocycles. The van der Waals surface area contributed by atoms with Gasteiger partial charge in [0.05, 0.1) is 39.5 Å². The van der Waals surface area contributed by atoms with Crippen molar-refractivity contribution >= 4 is 52.0 Å². The molecule has 0 unspecified atom stereocenters. The monoisotopic (exact) mass is 630 g/mol. The molecule has 1 aliphatic heterocycles. The number of benzene rings is 2. The number of carbonyl (C=O) groups excluding carboxylic acids is 2. The maximum Gasteiger partial charge on any atom is 0.261 e. The Hall–Kier alpha value is -4.13. The molecule has 1 atom stereocenters. The van der Waals surface area contributed by atoms with E-state index in [-0.39, 0.29) is 36.0 Å². The fraction of sp³-hybridized carbons (Fsp3) is 0.194. The van der Waals surface area contributed by atoms with Crippen LogP contribution >= 0.6 is 34.4 Å². The van der Waals surface area contributed by atoms with Gasteiger partial charge in [-0.1, -0.05) is 48.2 Å². The van der Waals surface area contributed by atoms with Gasteiger partial charge in [-0.3, -0.25) is 14.2 Å². The highest BCUT2D eigenvalue weighted by molar-refractivity contribution is 7.99. The van der Waals surface area contributed by atoms with Gasteiger partial charge in [-0.2, -0.15) is 5.10 Å². The van der Waals surface area contributed by atoms with Gasteiger partial charge >= 0.3 is 0 Å². The third-order valence-electron chi connectivity index (χ3n) is 7.01. The van der Waals surface area contributed by atoms with Crippen molar-refractivity contribution in [3.05, 3.63) is 116 Å². The average Bonchev–Trinajstić information content (AvgIpc) is 3.83. The molecule has 0 radical (unpaired) electrons. The molecular formula is C31H27FN6O2S3. The highest BCUT2D eigenvalue weighted by Gasteiger charge is 2.34. The summed E-state index contributed by atoms with van der Waals surface area (Å²) in [5.74, 6) is -0.104. The number of thioether (sulfide) groups is 1. The number of rotatable bonds is 9. The molecule has 0 saturated heterocycles. The quantitative estimate of drug-likeness (QED) is 0.187. The van der Waals surface area contributed by atoms with Crippen LogP contribution in [-0.2, 0) is 11.3 Å². The number of carbonyl (C=O) groups is 2. The minimum atomic E-state index is -0.342. The van der Waals surface area contributed by atoms with Crippen molar-refractivity contribution in [1.82, 2.24) is 25.1 Å². The Morgan fingerprint density at radius 3 is 2.56 bits per heavy atom. The summed E-state index contributed by atoms with van der Waals surface area (Å²) >= 11 is 4.20. The van der Waals surface area contributed by atoms with Gasteiger partial charge in [0.25, 0.3) is 11.8 Å². The van der Waals surface area contributed by atoms with Crippen LogP contribution in [0.1, 0.15) is 49.5 Å². The molecular weight excluding hydrogens is 604 g/mol. The summed E-state index contributed by atoms with van der Waals surface area (Å²) in [6.45, 7) is 4.17. The topological polar surface area (TPSA) is 92.5 Å². The summed E-state index contributed by atoms with van der Waals surface area (Å²) < 4.78 is 15.6. The zero-order valence-corrected chi connectivity index (χ0v) is 25.8. The molecule has 8 nitrogen and oxygen atoms in total. The standard InChI is InChI=1S/C31H27FN6O2S3/c1-19-7-8-20(2)24(15-19)37-28(17-33-30(40)27-6-4-14-42-27)34-35-31(37)43-18-29(39)38-25(21-9-11-22(32)12-10-21)16-23(36-38)26-5-3-13-41-26/h3-15,25H,16-18H2,1-2H3,(H,33,40)/t25-/m1/s1. The summed E-state index contributed by atoms with van der Waals surface area (Å²) in [4.78, 5) is 28.0. The van der Waals surface area contributed by atoms with Gasteiger partial charge in [0.2, 0.25) is 0 Å². The number of hydrogen-bond donors (Lipinski definition) is 1. The van der Waals surface area contributed by atoms with Gasteiger partial charge in [0, 0.05) is 6.42 Å². The number of nitrogens with zero attached hydrogens (tertiary/aromatic N) is 5. The predicted octanol–water partition coefficient (Wildman–Crippen LogP) is 6.55. The molecule has 1 aliphatic rings. The van der Waals surface area contributed by atoms with E-state index in [0.29, 0.717) is 22.3 Å². The molecule has 2 aromatic carbocycles. The van der Waals surface area contributed by atoms with Crippen LogP contribution < -0.4 is 5.32 Å². The van der Waals surface area contributed by atoms with Crippen molar-refractivity contribution < 1.29 is 14.0 Å². The van der Waals surface area contributed by atoms with Crippen molar-refractivity contribution in [3.8, 4) is 5.69 Å². The van der Waals surface area contributed by atoms with Crippen molar-refractivity contribution in [2.24, 2.45) is 5.10 Å². The van der Waals surface area contributed by atoms with Gasteiger partial charge in [-0.15, -0.1) is 32.9 Å². The Kier molecular flexibility index (Phi) is 8.50. The van der Waals surface area contributed by atoms with E-state index in [1.54, 1.807) is 29.5 Å². The number of hydrazone groups is 1. The van der Waals surface area contributed by atoms with Gasteiger partial charge in [-0.25, -0.2) is 9.40 Å². The maximum atomic E-state index is 13.7. The number of amides is 2. The van der Waals surface area contributed by atoms with Gasteiger partial charge < -0.3 is 5.32 Å². The van der Waals surface area contributed by atoms with E-state index in [0.717, 1.165) is 33.0 Å². The zero-order chi connectivity index (χ0) is 29.9. The number of nitrogens with one attached hydrogen (secondary N) is 1. The van der Waals surface area contributed by atoms with Crippen LogP contribution in [0.25, 0.3) is 5.69 Å². The van der Waals surface area contributed by atoms with Crippen LogP contribution in [0.4, 0.5) is 4.39 Å². The van der Waals surface area contributed by atoms with E-state index < -0.39 is 0 Å². The van der Waals surface area contributed by atoms with Crippen LogP contribution in [0.5, 0.6) is 0 Å². The SMILES string of the molecule is Cc1ccc(C)c(-n2c(CNC(=O)c3cccs3)nnc2SCC(=O)N2N=C(c3cccs3)C[C@@H]2c2ccc(F)cc2)c1. The molecule has 0 fully saturated rings. The molecule has 6 rings (SSSR count). The third kappa shape index (κ3) is 6.31. The Bertz CT molecular complexity index is 1780. The van der Waals surface area contributed by atoms with Crippen molar-refractivity contribution in [2.75, 3.05) is 5.75 Å². The molecule has 3 aromatic heterocycles. The largest absolute Gasteiger partial charge is 0.344 e. The van der Waals surface area contributed by atoms with Gasteiger partial charge in [-0.05, 0) is 71.6 Å². The first kappa shape index (κ1) is 29.0. The molecule has 218 valence electrons. The molecule has 12 heteroatoms. The van der Waals surface area contributed by atoms with Crippen molar-refractivity contribution in [3.63, 3.8) is 0 Å². The number of halogens is 1. The Balaban J connectivity index is 1.26. The molecule has 43 heavy (non-hydrogen) atoms. The molecule has 1 N–H and O–H groups in total. The van der Waals surface area contributed by atoms with E-state index in [1.165, 1.54) is 40.2 Å². The molecule has 4 heterocycles. The lowest BCUT2D eigenvalue weighted by atomic mass is 10.0. The molecule has 0 bridgehead atoms. The first-order valence-corrected chi connectivity index (χ1v) is 16.3. The van der Waals surface area contributed by atoms with E-state index in [2.05, 4.69) is 15.5 Å². The molecule has 0 spiro atoms. The molecule has 0 saturated carbocycles. The summed E-state index contributed by atoms with van der Waals surface area (Å²) in [5.41, 5.74) is 4.58. The fourth-order valence-electron chi connectivity index (χ4n) is 4.83. The van der Waals surface area contributed by atoms with Crippen molar-refractivity contribution in [1.29, 1.82) is 0 Å². The van der Waals surface area contributed by atoms with Crippen molar-refractivity contribution in [2.45, 2.75) is 38.0 Å². The second-order valence-corrected chi connectivity index (χ2v) is 12.8. The highest BCUT2D eigenvalue weighted by Crippen LogP contribution is 2.35. The zero-order valence-electron chi connectivity index (χ0n) is 23.4. The number of thiophene rings is 2. The first-order valence-electron chi connectivity index (χ1n) is 13.5. The van der Waals surface area contributed by atoms with E-state index >= 15 is 0 Å². The minimum absolute atomic E-state index is 0.0590. The summed E-state index contributed by atoms with van der Waals surface area (Å²) in [6, 6.07) is 19.5. The van der Waals surface area contributed by atoms with Crippen LogP contribution in [0.15, 0.2) is 87.7 Å². The third-order valence-corrected chi connectivity index (χ3v) is 9.71. The Labute approximate surface area is 260 Å². The lowest BCUT2D eigenvalue weighted by Gasteiger charge is -2.22. The van der Waals surface area contributed by atoms with Crippen LogP contribution in [0.2, 0.25) is 0 Å². The van der Waals surface area contributed by atoms with Crippen LogP contribution in [-0.4, -0.2) is 43.1 Å². The number of hydrogen-bond acceptors (Lipinski definition) is 8. The van der Waals surface area contributed by atoms with E-state index in [1.807, 2.05) is 65.6 Å². The first-order chi connectivity index (χ1) is 20.9. The second-order valence-electron chi connectivity index (χ2n) is 10.0. The van der Waals surface area contributed by atoms with E-state index in [9.17, 15) is 14.0 Å². The second kappa shape index (κ2) is 12.6. The smallest absolute Gasteiger partial charge is 0.261 e. The van der Waals surface area contributed by atoms with Crippen LogP contribution in [0, 0.1) is 19.7 Å². The minimum Gasteiger partial charge on any atom is -0.344 e. The van der Waals surface area contributed by atoms with Gasteiger partial charge in [0.1, 0.15) is 5.82 Å². The lowest BCUT2D eigenvalue weighted by molar-refractivity contribution is -0.130. The lowest BCUT2D eigenvalue weighted by Crippen LogP contribution is -2.28. The highest BCUT2D eigenvalue weighted by atomic mass is 32.2. The Morgan fingerprint density at radius 1 is 1.02 bits per heavy atom. The number of aryl methyl sites for hydroxylation is 2. The summed E-state index contributed by atoms with van der Waals surface area (Å²) in [6.07, 6.45) is 0.537.